The molecule has 0 aliphatic carbocycles. The highest BCUT2D eigenvalue weighted by Gasteiger charge is 2.23. The van der Waals surface area contributed by atoms with E-state index < -0.39 is 41.5 Å². The lowest BCUT2D eigenvalue weighted by Gasteiger charge is -2.05. The quantitative estimate of drug-likeness (QED) is 0.418. The minimum Gasteiger partial charge on any atom is -0.506 e. The summed E-state index contributed by atoms with van der Waals surface area (Å²) < 4.78 is 59.7. The van der Waals surface area contributed by atoms with Crippen LogP contribution in [0, 0.1) is 0 Å². The second kappa shape index (κ2) is 3.59. The Kier molecular flexibility index (Phi) is 2.85. The van der Waals surface area contributed by atoms with Crippen molar-refractivity contribution in [1.29, 1.82) is 0 Å². The van der Waals surface area contributed by atoms with Gasteiger partial charge in [-0.2, -0.15) is 16.8 Å². The highest BCUT2D eigenvalue weighted by Crippen LogP contribution is 2.32. The van der Waals surface area contributed by atoms with Crippen LogP contribution in [0.25, 0.3) is 0 Å². The lowest BCUT2D eigenvalue weighted by molar-refractivity contribution is 0.417. The molecule has 0 aromatic heterocycles. The minimum atomic E-state index is -4.80. The van der Waals surface area contributed by atoms with E-state index in [9.17, 15) is 16.8 Å². The van der Waals surface area contributed by atoms with E-state index in [-0.39, 0.29) is 0 Å². The fourth-order valence-electron chi connectivity index (χ4n) is 0.952. The van der Waals surface area contributed by atoms with Crippen LogP contribution in [0.1, 0.15) is 0 Å². The van der Waals surface area contributed by atoms with Gasteiger partial charge in [0.2, 0.25) is 0 Å². The second-order valence-corrected chi connectivity index (χ2v) is 5.52. The predicted octanol–water partition coefficient (Wildman–Crippen LogP) is -0.409. The largest absolute Gasteiger partial charge is 0.506 e. The summed E-state index contributed by atoms with van der Waals surface area (Å²) in [6, 6.07) is 0.599. The molecule has 0 radical (unpaired) electrons. The average Bonchev–Trinajstić information content (AvgIpc) is 2.04. The molecule has 8 nitrogen and oxygen atoms in total. The molecular weight excluding hydrogens is 264 g/mol. The van der Waals surface area contributed by atoms with E-state index in [0.717, 1.165) is 0 Å². The Morgan fingerprint density at radius 1 is 0.750 bits per heavy atom. The van der Waals surface area contributed by atoms with Crippen LogP contribution < -0.4 is 0 Å². The van der Waals surface area contributed by atoms with Gasteiger partial charge in [-0.3, -0.25) is 9.11 Å². The van der Waals surface area contributed by atoms with Crippen molar-refractivity contribution in [1.82, 2.24) is 0 Å². The Bertz CT molecular complexity index is 569. The summed E-state index contributed by atoms with van der Waals surface area (Å²) in [5.41, 5.74) is 0. The van der Waals surface area contributed by atoms with Crippen LogP contribution >= 0.6 is 0 Å². The number of rotatable bonds is 2. The molecule has 90 valence electrons. The number of hydrogen-bond donors (Lipinski definition) is 4. The summed E-state index contributed by atoms with van der Waals surface area (Å²) in [6.45, 7) is 0. The first-order chi connectivity index (χ1) is 7.03. The lowest BCUT2D eigenvalue weighted by atomic mass is 10.3. The van der Waals surface area contributed by atoms with Crippen LogP contribution in [0.4, 0.5) is 0 Å². The Hall–Kier alpha value is -1.36. The number of hydrogen-bond acceptors (Lipinski definition) is 6. The third-order valence-electron chi connectivity index (χ3n) is 1.60. The molecule has 4 N–H and O–H groups in total. The second-order valence-electron chi connectivity index (χ2n) is 2.74. The van der Waals surface area contributed by atoms with Gasteiger partial charge in [0.1, 0.15) is 21.3 Å². The fraction of sp³-hybridized carbons (Fsp3) is 0. The van der Waals surface area contributed by atoms with Crippen LogP contribution in [-0.2, 0) is 20.2 Å². The van der Waals surface area contributed by atoms with Crippen LogP contribution in [0.2, 0.25) is 0 Å². The van der Waals surface area contributed by atoms with Crippen molar-refractivity contribution in [3.8, 4) is 11.5 Å². The maximum Gasteiger partial charge on any atom is 0.298 e. The first-order valence-corrected chi connectivity index (χ1v) is 6.42. The van der Waals surface area contributed by atoms with Gasteiger partial charge in [-0.05, 0) is 0 Å². The van der Waals surface area contributed by atoms with Crippen molar-refractivity contribution in [2.75, 3.05) is 0 Å². The third-order valence-corrected chi connectivity index (χ3v) is 3.36. The summed E-state index contributed by atoms with van der Waals surface area (Å²) in [7, 11) is -9.61. The highest BCUT2D eigenvalue weighted by molar-refractivity contribution is 7.86. The highest BCUT2D eigenvalue weighted by atomic mass is 32.2. The molecule has 0 saturated heterocycles. The Labute approximate surface area is 90.3 Å². The maximum atomic E-state index is 10.6. The van der Waals surface area contributed by atoms with Crippen molar-refractivity contribution >= 4 is 20.2 Å². The molecule has 0 heterocycles. The van der Waals surface area contributed by atoms with Gasteiger partial charge in [0.25, 0.3) is 20.2 Å². The molecule has 0 amide bonds. The van der Waals surface area contributed by atoms with Crippen LogP contribution in [0.3, 0.4) is 0 Å². The zero-order valence-electron chi connectivity index (χ0n) is 7.39. The molecule has 1 aromatic rings. The van der Waals surface area contributed by atoms with Gasteiger partial charge in [-0.25, -0.2) is 0 Å². The molecule has 0 atom stereocenters. The molecule has 1 rings (SSSR count). The Balaban J connectivity index is 3.65. The van der Waals surface area contributed by atoms with Gasteiger partial charge >= 0.3 is 0 Å². The van der Waals surface area contributed by atoms with Gasteiger partial charge in [0.05, 0.1) is 0 Å². The zero-order valence-corrected chi connectivity index (χ0v) is 9.03. The number of benzene rings is 1. The van der Waals surface area contributed by atoms with E-state index in [2.05, 4.69) is 0 Å². The zero-order chi connectivity index (χ0) is 12.7. The molecule has 0 spiro atoms. The van der Waals surface area contributed by atoms with E-state index in [1.807, 2.05) is 0 Å². The molecule has 0 bridgehead atoms. The van der Waals surface area contributed by atoms with Gasteiger partial charge in [-0.1, -0.05) is 0 Å². The first-order valence-electron chi connectivity index (χ1n) is 3.54. The van der Waals surface area contributed by atoms with Crippen LogP contribution in [0.15, 0.2) is 21.9 Å². The summed E-state index contributed by atoms with van der Waals surface area (Å²) in [5, 5.41) is 18.2. The van der Waals surface area contributed by atoms with Crippen molar-refractivity contribution < 1.29 is 36.2 Å². The lowest BCUT2D eigenvalue weighted by Crippen LogP contribution is -2.03. The fourth-order valence-corrected chi connectivity index (χ4v) is 2.12. The first kappa shape index (κ1) is 12.7. The smallest absolute Gasteiger partial charge is 0.298 e. The van der Waals surface area contributed by atoms with E-state index in [4.69, 9.17) is 19.3 Å². The number of aromatic hydroxyl groups is 2. The summed E-state index contributed by atoms with van der Waals surface area (Å²) >= 11 is 0. The van der Waals surface area contributed by atoms with E-state index in [1.54, 1.807) is 0 Å². The van der Waals surface area contributed by atoms with E-state index in [1.165, 1.54) is 0 Å². The minimum absolute atomic E-state index is 0.299. The third kappa shape index (κ3) is 2.41. The molecule has 0 unspecified atom stereocenters. The molecule has 16 heavy (non-hydrogen) atoms. The average molecular weight is 270 g/mol. The predicted molar refractivity (Wildman–Crippen MR) is 49.4 cm³/mol. The SMILES string of the molecule is O=S(=O)(O)c1cc(O)c(S(=O)(=O)O)cc1O. The molecule has 1 aromatic carbocycles. The van der Waals surface area contributed by atoms with Crippen molar-refractivity contribution in [2.45, 2.75) is 9.79 Å². The summed E-state index contributed by atoms with van der Waals surface area (Å²) in [6.07, 6.45) is 0. The van der Waals surface area contributed by atoms with Crippen molar-refractivity contribution in [3.63, 3.8) is 0 Å². The monoisotopic (exact) mass is 270 g/mol. The Morgan fingerprint density at radius 3 is 1.19 bits per heavy atom. The van der Waals surface area contributed by atoms with Gasteiger partial charge < -0.3 is 10.2 Å². The molecule has 10 heteroatoms. The standard InChI is InChI=1S/C6H6O8S2/c7-3-1-5(15(9,10)11)4(8)2-6(3)16(12,13)14/h1-2,7-8H,(H,9,10,11)(H,12,13,14). The van der Waals surface area contributed by atoms with Gasteiger partial charge in [-0.15, -0.1) is 0 Å². The van der Waals surface area contributed by atoms with Crippen LogP contribution in [-0.4, -0.2) is 36.2 Å². The van der Waals surface area contributed by atoms with Gasteiger partial charge in [0, 0.05) is 12.1 Å². The molecule has 0 saturated carbocycles. The normalized spacial score (nSPS) is 12.6. The van der Waals surface area contributed by atoms with Gasteiger partial charge in [0.15, 0.2) is 0 Å². The van der Waals surface area contributed by atoms with Crippen molar-refractivity contribution in [2.24, 2.45) is 0 Å². The van der Waals surface area contributed by atoms with Crippen molar-refractivity contribution in [3.05, 3.63) is 12.1 Å². The molecule has 0 aliphatic rings. The number of phenolic OH excluding ortho intramolecular Hbond substituents is 2. The molecular formula is C6H6O8S2. The number of phenols is 2. The molecule has 0 fully saturated rings. The topological polar surface area (TPSA) is 149 Å². The summed E-state index contributed by atoms with van der Waals surface area (Å²) in [4.78, 5) is -2.14. The van der Waals surface area contributed by atoms with E-state index >= 15 is 0 Å². The maximum absolute atomic E-state index is 10.6. The summed E-state index contributed by atoms with van der Waals surface area (Å²) in [5.74, 6) is -2.24. The van der Waals surface area contributed by atoms with Crippen LogP contribution in [0.5, 0.6) is 11.5 Å². The Morgan fingerprint density at radius 2 is 1.00 bits per heavy atom. The van der Waals surface area contributed by atoms with E-state index in [0.29, 0.717) is 12.1 Å². The molecule has 0 aliphatic heterocycles.